The average molecular weight is 409 g/mol. The van der Waals surface area contributed by atoms with E-state index >= 15 is 0 Å². The van der Waals surface area contributed by atoms with Gasteiger partial charge in [-0.2, -0.15) is 0 Å². The third-order valence-corrected chi connectivity index (χ3v) is 3.86. The van der Waals surface area contributed by atoms with Crippen LogP contribution in [0.5, 0.6) is 11.5 Å². The number of benzene rings is 3. The zero-order valence-electron chi connectivity index (χ0n) is 15.7. The largest absolute Gasteiger partial charge is 0.457 e. The molecule has 0 aliphatic carbocycles. The number of anilines is 2. The van der Waals surface area contributed by atoms with Crippen LogP contribution in [0.2, 0.25) is 0 Å². The number of non-ortho nitro benzene ring substituents is 1. The third kappa shape index (κ3) is 5.38. The molecule has 0 saturated heterocycles. The molecule has 2 amide bonds. The maximum Gasteiger partial charge on any atom is 0.275 e. The van der Waals surface area contributed by atoms with Crippen molar-refractivity contribution >= 4 is 28.9 Å². The molecule has 9 heteroatoms. The molecule has 0 unspecified atom stereocenters. The lowest BCUT2D eigenvalue weighted by atomic mass is 10.2. The number of nitrogens with zero attached hydrogens (tertiary/aromatic N) is 1. The highest BCUT2D eigenvalue weighted by Crippen LogP contribution is 2.30. The van der Waals surface area contributed by atoms with Gasteiger partial charge in [-0.1, -0.05) is 6.07 Å². The Morgan fingerprint density at radius 2 is 1.67 bits per heavy atom. The number of hydrogen-bond donors (Lipinski definition) is 2. The molecule has 3 aromatic rings. The maximum absolute atomic E-state index is 13.3. The molecule has 3 rings (SSSR count). The first-order valence-corrected chi connectivity index (χ1v) is 8.72. The number of nitrogens with one attached hydrogen (secondary N) is 2. The summed E-state index contributed by atoms with van der Waals surface area (Å²) in [6, 6.07) is 15.2. The molecule has 0 bridgehead atoms. The van der Waals surface area contributed by atoms with E-state index in [1.807, 2.05) is 0 Å². The van der Waals surface area contributed by atoms with Gasteiger partial charge in [0.15, 0.2) is 0 Å². The predicted molar refractivity (Wildman–Crippen MR) is 108 cm³/mol. The van der Waals surface area contributed by atoms with Crippen molar-refractivity contribution in [2.45, 2.75) is 6.92 Å². The van der Waals surface area contributed by atoms with Gasteiger partial charge in [-0.3, -0.25) is 19.7 Å². The summed E-state index contributed by atoms with van der Waals surface area (Å²) >= 11 is 0. The smallest absolute Gasteiger partial charge is 0.275 e. The van der Waals surface area contributed by atoms with Crippen LogP contribution in [0, 0.1) is 15.9 Å². The fourth-order valence-electron chi connectivity index (χ4n) is 2.60. The molecule has 0 aliphatic rings. The number of hydrogen-bond acceptors (Lipinski definition) is 5. The number of rotatable bonds is 6. The van der Waals surface area contributed by atoms with Gasteiger partial charge < -0.3 is 15.4 Å². The third-order valence-electron chi connectivity index (χ3n) is 3.86. The minimum Gasteiger partial charge on any atom is -0.457 e. The number of nitro benzene ring substituents is 1. The van der Waals surface area contributed by atoms with Gasteiger partial charge >= 0.3 is 0 Å². The van der Waals surface area contributed by atoms with E-state index < -0.39 is 16.6 Å². The molecule has 0 heterocycles. The van der Waals surface area contributed by atoms with Crippen LogP contribution in [0.15, 0.2) is 66.7 Å². The van der Waals surface area contributed by atoms with Crippen molar-refractivity contribution in [1.82, 2.24) is 0 Å². The molecule has 2 N–H and O–H groups in total. The van der Waals surface area contributed by atoms with E-state index in [4.69, 9.17) is 4.74 Å². The van der Waals surface area contributed by atoms with Gasteiger partial charge in [-0.05, 0) is 42.5 Å². The zero-order chi connectivity index (χ0) is 21.7. The molecule has 0 spiro atoms. The lowest BCUT2D eigenvalue weighted by Gasteiger charge is -2.10. The van der Waals surface area contributed by atoms with E-state index in [1.54, 1.807) is 24.3 Å². The lowest BCUT2D eigenvalue weighted by molar-refractivity contribution is -0.384. The SMILES string of the molecule is CC(=O)Nc1ccc(Oc2cc(NC(=O)c3cccc(F)c3)cc([N+](=O)[O-])c2)cc1. The van der Waals surface area contributed by atoms with Crippen LogP contribution in [-0.2, 0) is 4.79 Å². The standard InChI is InChI=1S/C21H16FN3O5/c1-13(26)23-16-5-7-19(8-6-16)30-20-11-17(10-18(12-20)25(28)29)24-21(27)14-3-2-4-15(22)9-14/h2-12H,1H3,(H,23,26)(H,24,27). The highest BCUT2D eigenvalue weighted by Gasteiger charge is 2.14. The Morgan fingerprint density at radius 3 is 2.30 bits per heavy atom. The fourth-order valence-corrected chi connectivity index (χ4v) is 2.60. The van der Waals surface area contributed by atoms with Gasteiger partial charge in [0.1, 0.15) is 17.3 Å². The summed E-state index contributed by atoms with van der Waals surface area (Å²) in [6.07, 6.45) is 0. The fraction of sp³-hybridized carbons (Fsp3) is 0.0476. The second kappa shape index (κ2) is 8.82. The van der Waals surface area contributed by atoms with Crippen molar-refractivity contribution in [3.8, 4) is 11.5 Å². The van der Waals surface area contributed by atoms with Crippen LogP contribution in [0.1, 0.15) is 17.3 Å². The Balaban J connectivity index is 1.83. The van der Waals surface area contributed by atoms with Gasteiger partial charge in [0.05, 0.1) is 16.7 Å². The van der Waals surface area contributed by atoms with Crippen molar-refractivity contribution in [3.05, 3.63) is 88.2 Å². The summed E-state index contributed by atoms with van der Waals surface area (Å²) in [7, 11) is 0. The molecular formula is C21H16FN3O5. The summed E-state index contributed by atoms with van der Waals surface area (Å²) < 4.78 is 19.0. The Hall–Kier alpha value is -4.27. The molecule has 3 aromatic carbocycles. The molecule has 0 radical (unpaired) electrons. The summed E-state index contributed by atoms with van der Waals surface area (Å²) in [5, 5.41) is 16.4. The second-order valence-corrected chi connectivity index (χ2v) is 6.24. The Morgan fingerprint density at radius 1 is 0.933 bits per heavy atom. The minimum absolute atomic E-state index is 0.0672. The predicted octanol–water partition coefficient (Wildman–Crippen LogP) is 4.74. The monoisotopic (exact) mass is 409 g/mol. The summed E-state index contributed by atoms with van der Waals surface area (Å²) in [4.78, 5) is 34.0. The first kappa shape index (κ1) is 20.5. The molecule has 0 aromatic heterocycles. The van der Waals surface area contributed by atoms with Gasteiger partial charge in [-0.15, -0.1) is 0 Å². The first-order valence-electron chi connectivity index (χ1n) is 8.72. The highest BCUT2D eigenvalue weighted by molar-refractivity contribution is 6.04. The van der Waals surface area contributed by atoms with Gasteiger partial charge in [-0.25, -0.2) is 4.39 Å². The molecular weight excluding hydrogens is 393 g/mol. The van der Waals surface area contributed by atoms with Crippen LogP contribution in [-0.4, -0.2) is 16.7 Å². The zero-order valence-corrected chi connectivity index (χ0v) is 15.7. The van der Waals surface area contributed by atoms with Crippen molar-refractivity contribution in [2.24, 2.45) is 0 Å². The number of carbonyl (C=O) groups excluding carboxylic acids is 2. The van der Waals surface area contributed by atoms with Crippen LogP contribution < -0.4 is 15.4 Å². The van der Waals surface area contributed by atoms with Crippen molar-refractivity contribution in [3.63, 3.8) is 0 Å². The quantitative estimate of drug-likeness (QED) is 0.451. The Bertz CT molecular complexity index is 1120. The number of nitro groups is 1. The highest BCUT2D eigenvalue weighted by atomic mass is 19.1. The van der Waals surface area contributed by atoms with Gasteiger partial charge in [0.2, 0.25) is 5.91 Å². The van der Waals surface area contributed by atoms with E-state index in [1.165, 1.54) is 43.3 Å². The second-order valence-electron chi connectivity index (χ2n) is 6.24. The van der Waals surface area contributed by atoms with Crippen LogP contribution in [0.25, 0.3) is 0 Å². The van der Waals surface area contributed by atoms with E-state index in [0.717, 1.165) is 6.07 Å². The van der Waals surface area contributed by atoms with Crippen molar-refractivity contribution in [1.29, 1.82) is 0 Å². The van der Waals surface area contributed by atoms with E-state index in [9.17, 15) is 24.1 Å². The Kier molecular flexibility index (Phi) is 6.02. The molecule has 0 fully saturated rings. The van der Waals surface area contributed by atoms with Crippen LogP contribution >= 0.6 is 0 Å². The van der Waals surface area contributed by atoms with Crippen LogP contribution in [0.3, 0.4) is 0 Å². The van der Waals surface area contributed by atoms with Crippen LogP contribution in [0.4, 0.5) is 21.5 Å². The average Bonchev–Trinajstić information content (AvgIpc) is 2.69. The molecule has 30 heavy (non-hydrogen) atoms. The lowest BCUT2D eigenvalue weighted by Crippen LogP contribution is -2.12. The maximum atomic E-state index is 13.3. The number of halogens is 1. The van der Waals surface area contributed by atoms with Crippen molar-refractivity contribution in [2.75, 3.05) is 10.6 Å². The van der Waals surface area contributed by atoms with E-state index in [0.29, 0.717) is 11.4 Å². The molecule has 0 aliphatic heterocycles. The van der Waals surface area contributed by atoms with E-state index in [-0.39, 0.29) is 28.6 Å². The normalized spacial score (nSPS) is 10.2. The number of carbonyl (C=O) groups is 2. The Labute approximate surface area is 170 Å². The minimum atomic E-state index is -0.624. The number of amides is 2. The topological polar surface area (TPSA) is 111 Å². The van der Waals surface area contributed by atoms with E-state index in [2.05, 4.69) is 10.6 Å². The van der Waals surface area contributed by atoms with Crippen molar-refractivity contribution < 1.29 is 23.6 Å². The molecule has 152 valence electrons. The summed E-state index contributed by atoms with van der Waals surface area (Å²) in [6.45, 7) is 1.38. The summed E-state index contributed by atoms with van der Waals surface area (Å²) in [5.74, 6) is -0.937. The summed E-state index contributed by atoms with van der Waals surface area (Å²) in [5.41, 5.74) is 0.453. The first-order chi connectivity index (χ1) is 14.3. The molecule has 0 saturated carbocycles. The number of ether oxygens (including phenoxy) is 1. The van der Waals surface area contributed by atoms with Gasteiger partial charge in [0, 0.05) is 30.3 Å². The van der Waals surface area contributed by atoms with Gasteiger partial charge in [0.25, 0.3) is 11.6 Å². The molecule has 0 atom stereocenters. The molecule has 8 nitrogen and oxygen atoms in total.